The number of hydrogen-bond donors (Lipinski definition) is 1. The summed E-state index contributed by atoms with van der Waals surface area (Å²) in [7, 11) is 0. The highest BCUT2D eigenvalue weighted by Gasteiger charge is 2.14. The van der Waals surface area contributed by atoms with E-state index in [1.54, 1.807) is 15.9 Å². The molecule has 0 spiro atoms. The van der Waals surface area contributed by atoms with Gasteiger partial charge >= 0.3 is 0 Å². The van der Waals surface area contributed by atoms with Crippen LogP contribution < -0.4 is 5.73 Å². The number of thiophene rings is 1. The second-order valence-electron chi connectivity index (χ2n) is 3.51. The summed E-state index contributed by atoms with van der Waals surface area (Å²) < 4.78 is 1.70. The second-order valence-corrected chi connectivity index (χ2v) is 5.75. The van der Waals surface area contributed by atoms with E-state index in [1.807, 2.05) is 0 Å². The molecule has 3 aromatic rings. The van der Waals surface area contributed by atoms with Crippen LogP contribution in [-0.2, 0) is 0 Å². The van der Waals surface area contributed by atoms with E-state index in [0.717, 1.165) is 15.7 Å². The number of aryl methyl sites for hydroxylation is 2. The Hall–Kier alpha value is -1.47. The Morgan fingerprint density at radius 3 is 2.75 bits per heavy atom. The van der Waals surface area contributed by atoms with Gasteiger partial charge in [-0.1, -0.05) is 11.3 Å². The minimum absolute atomic E-state index is 0.510. The van der Waals surface area contributed by atoms with Crippen LogP contribution in [0.15, 0.2) is 6.07 Å². The molecule has 0 saturated heterocycles. The average Bonchev–Trinajstić information content (AvgIpc) is 2.82. The molecule has 0 amide bonds. The third-order valence-electron chi connectivity index (χ3n) is 2.39. The maximum absolute atomic E-state index is 5.64. The molecular formula is C9H9N5S2. The zero-order valence-corrected chi connectivity index (χ0v) is 10.4. The topological polar surface area (TPSA) is 69.1 Å². The highest BCUT2D eigenvalue weighted by atomic mass is 32.1. The lowest BCUT2D eigenvalue weighted by atomic mass is 10.3. The van der Waals surface area contributed by atoms with Gasteiger partial charge in [-0.25, -0.2) is 0 Å². The van der Waals surface area contributed by atoms with Crippen molar-refractivity contribution in [3.8, 4) is 10.7 Å². The number of rotatable bonds is 1. The van der Waals surface area contributed by atoms with Crippen LogP contribution in [0.25, 0.3) is 15.7 Å². The SMILES string of the molecule is Cc1cc(-c2nnc3sc(N)nn23)sc1C. The predicted molar refractivity (Wildman–Crippen MR) is 65.9 cm³/mol. The van der Waals surface area contributed by atoms with Gasteiger partial charge in [0, 0.05) is 4.88 Å². The van der Waals surface area contributed by atoms with Crippen molar-refractivity contribution >= 4 is 32.8 Å². The second kappa shape index (κ2) is 3.26. The van der Waals surface area contributed by atoms with E-state index in [1.165, 1.54) is 21.8 Å². The van der Waals surface area contributed by atoms with E-state index in [2.05, 4.69) is 35.2 Å². The van der Waals surface area contributed by atoms with Crippen molar-refractivity contribution in [3.63, 3.8) is 0 Å². The molecule has 5 nitrogen and oxygen atoms in total. The van der Waals surface area contributed by atoms with Gasteiger partial charge in [0.25, 0.3) is 0 Å². The van der Waals surface area contributed by atoms with Crippen molar-refractivity contribution in [2.24, 2.45) is 0 Å². The quantitative estimate of drug-likeness (QED) is 0.719. The first-order valence-electron chi connectivity index (χ1n) is 4.70. The maximum atomic E-state index is 5.64. The first-order chi connectivity index (χ1) is 7.65. The van der Waals surface area contributed by atoms with Crippen molar-refractivity contribution in [2.45, 2.75) is 13.8 Å². The molecule has 0 aromatic carbocycles. The fraction of sp³-hybridized carbons (Fsp3) is 0.222. The summed E-state index contributed by atoms with van der Waals surface area (Å²) in [5, 5.41) is 12.9. The maximum Gasteiger partial charge on any atom is 0.236 e. The molecule has 3 heterocycles. The van der Waals surface area contributed by atoms with Gasteiger partial charge in [-0.15, -0.1) is 26.6 Å². The largest absolute Gasteiger partial charge is 0.374 e. The molecule has 0 fully saturated rings. The molecule has 7 heteroatoms. The molecule has 0 atom stereocenters. The Labute approximate surface area is 99.6 Å². The van der Waals surface area contributed by atoms with Gasteiger partial charge in [-0.05, 0) is 25.5 Å². The third-order valence-corrected chi connectivity index (χ3v) is 4.27. The van der Waals surface area contributed by atoms with E-state index in [4.69, 9.17) is 5.73 Å². The zero-order chi connectivity index (χ0) is 11.3. The first kappa shape index (κ1) is 9.73. The number of hydrogen-bond acceptors (Lipinski definition) is 6. The lowest BCUT2D eigenvalue weighted by Crippen LogP contribution is -1.90. The van der Waals surface area contributed by atoms with Crippen LogP contribution in [0, 0.1) is 13.8 Å². The molecule has 2 N–H and O–H groups in total. The minimum Gasteiger partial charge on any atom is -0.374 e. The zero-order valence-electron chi connectivity index (χ0n) is 8.76. The number of anilines is 1. The van der Waals surface area contributed by atoms with Crippen molar-refractivity contribution < 1.29 is 0 Å². The van der Waals surface area contributed by atoms with Crippen LogP contribution in [0.5, 0.6) is 0 Å². The van der Waals surface area contributed by atoms with Gasteiger partial charge in [0.2, 0.25) is 10.1 Å². The van der Waals surface area contributed by atoms with E-state index in [9.17, 15) is 0 Å². The molecule has 3 rings (SSSR count). The smallest absolute Gasteiger partial charge is 0.236 e. The summed E-state index contributed by atoms with van der Waals surface area (Å²) in [5.74, 6) is 0.768. The Morgan fingerprint density at radius 1 is 1.25 bits per heavy atom. The molecule has 0 aliphatic heterocycles. The van der Waals surface area contributed by atoms with Crippen LogP contribution in [0.1, 0.15) is 10.4 Å². The first-order valence-corrected chi connectivity index (χ1v) is 6.33. The normalized spacial score (nSPS) is 11.4. The van der Waals surface area contributed by atoms with Gasteiger partial charge in [0.05, 0.1) is 4.88 Å². The van der Waals surface area contributed by atoms with Crippen LogP contribution in [0.2, 0.25) is 0 Å². The van der Waals surface area contributed by atoms with Crippen molar-refractivity contribution in [1.29, 1.82) is 0 Å². The van der Waals surface area contributed by atoms with Gasteiger partial charge < -0.3 is 5.73 Å². The number of aromatic nitrogens is 4. The molecule has 82 valence electrons. The highest BCUT2D eigenvalue weighted by molar-refractivity contribution is 7.20. The molecule has 0 aliphatic rings. The Kier molecular flexibility index (Phi) is 1.98. The Morgan fingerprint density at radius 2 is 2.06 bits per heavy atom. The molecule has 0 aliphatic carbocycles. The molecule has 0 radical (unpaired) electrons. The number of nitrogens with zero attached hydrogens (tertiary/aromatic N) is 4. The van der Waals surface area contributed by atoms with Gasteiger partial charge in [0.1, 0.15) is 0 Å². The van der Waals surface area contributed by atoms with E-state index >= 15 is 0 Å². The minimum atomic E-state index is 0.510. The van der Waals surface area contributed by atoms with Crippen LogP contribution in [0.4, 0.5) is 5.13 Å². The van der Waals surface area contributed by atoms with Gasteiger partial charge in [-0.2, -0.15) is 4.52 Å². The molecule has 0 bridgehead atoms. The van der Waals surface area contributed by atoms with Crippen LogP contribution in [0.3, 0.4) is 0 Å². The fourth-order valence-electron chi connectivity index (χ4n) is 1.47. The van der Waals surface area contributed by atoms with E-state index < -0.39 is 0 Å². The monoisotopic (exact) mass is 251 g/mol. The van der Waals surface area contributed by atoms with Crippen LogP contribution >= 0.6 is 22.7 Å². The summed E-state index contributed by atoms with van der Waals surface area (Å²) in [4.78, 5) is 3.10. The summed E-state index contributed by atoms with van der Waals surface area (Å²) in [6, 6.07) is 2.10. The van der Waals surface area contributed by atoms with E-state index in [0.29, 0.717) is 5.13 Å². The molecule has 0 unspecified atom stereocenters. The Bertz CT molecular complexity index is 643. The summed E-state index contributed by atoms with van der Waals surface area (Å²) in [5.41, 5.74) is 6.90. The summed E-state index contributed by atoms with van der Waals surface area (Å²) in [6.45, 7) is 4.18. The lowest BCUT2D eigenvalue weighted by Gasteiger charge is -1.89. The summed E-state index contributed by atoms with van der Waals surface area (Å²) >= 11 is 3.04. The van der Waals surface area contributed by atoms with Crippen molar-refractivity contribution in [2.75, 3.05) is 5.73 Å². The third kappa shape index (κ3) is 1.32. The molecule has 3 aromatic heterocycles. The van der Waals surface area contributed by atoms with Crippen LogP contribution in [-0.4, -0.2) is 19.8 Å². The molecule has 0 saturated carbocycles. The van der Waals surface area contributed by atoms with Gasteiger partial charge in [0.15, 0.2) is 5.82 Å². The lowest BCUT2D eigenvalue weighted by molar-refractivity contribution is 0.976. The predicted octanol–water partition coefficient (Wildman–Crippen LogP) is 2.11. The highest BCUT2D eigenvalue weighted by Crippen LogP contribution is 2.30. The van der Waals surface area contributed by atoms with Crippen molar-refractivity contribution in [1.82, 2.24) is 19.8 Å². The standard InChI is InChI=1S/C9H9N5S2/c1-4-3-6(15-5(4)2)7-11-12-9-14(7)13-8(10)16-9/h3H,1-2H3,(H2,10,13). The molecule has 16 heavy (non-hydrogen) atoms. The number of fused-ring (bicyclic) bond motifs is 1. The van der Waals surface area contributed by atoms with Crippen molar-refractivity contribution in [3.05, 3.63) is 16.5 Å². The average molecular weight is 251 g/mol. The fourth-order valence-corrected chi connectivity index (χ4v) is 3.08. The van der Waals surface area contributed by atoms with Gasteiger partial charge in [-0.3, -0.25) is 0 Å². The number of nitrogen functional groups attached to an aromatic ring is 1. The Balaban J connectivity index is 2.24. The number of nitrogens with two attached hydrogens (primary N) is 1. The molecular weight excluding hydrogens is 242 g/mol. The van der Waals surface area contributed by atoms with E-state index in [-0.39, 0.29) is 0 Å². The summed E-state index contributed by atoms with van der Waals surface area (Å²) in [6.07, 6.45) is 0.